The van der Waals surface area contributed by atoms with Crippen LogP contribution in [0.15, 0.2) is 48.5 Å². The van der Waals surface area contributed by atoms with Gasteiger partial charge < -0.3 is 14.4 Å². The molecule has 0 spiro atoms. The Kier molecular flexibility index (Phi) is 7.43. The summed E-state index contributed by atoms with van der Waals surface area (Å²) in [5.74, 6) is 1.32. The monoisotopic (exact) mass is 413 g/mol. The quantitative estimate of drug-likeness (QED) is 0.502. The third-order valence-corrected chi connectivity index (χ3v) is 5.34. The van der Waals surface area contributed by atoms with Gasteiger partial charge in [-0.1, -0.05) is 35.6 Å². The molecular weight excluding hydrogens is 386 g/mol. The van der Waals surface area contributed by atoms with E-state index in [0.29, 0.717) is 24.0 Å². The average Bonchev–Trinajstić information content (AvgIpc) is 3.15. The molecule has 0 N–H and O–H groups in total. The van der Waals surface area contributed by atoms with E-state index in [0.717, 1.165) is 28.9 Å². The molecule has 0 saturated carbocycles. The Labute approximate surface area is 175 Å². The Morgan fingerprint density at radius 1 is 1.03 bits per heavy atom. The summed E-state index contributed by atoms with van der Waals surface area (Å²) in [6.07, 6.45) is 0.846. The first-order valence-electron chi connectivity index (χ1n) is 9.73. The first kappa shape index (κ1) is 21.1. The van der Waals surface area contributed by atoms with Crippen molar-refractivity contribution in [3.05, 3.63) is 48.5 Å². The van der Waals surface area contributed by atoms with Gasteiger partial charge in [-0.2, -0.15) is 0 Å². The highest BCUT2D eigenvalue weighted by Crippen LogP contribution is 2.34. The standard InChI is InChI=1S/C22H27N3O3S/c1-4-27-18-12-8-13-19-21(18)23-22(29-19)25(15-9-14-24(2)3)20(26)16-28-17-10-6-5-7-11-17/h5-8,10-13H,4,9,14-16H2,1-3H3. The lowest BCUT2D eigenvalue weighted by Gasteiger charge is -2.21. The van der Waals surface area contributed by atoms with Crippen molar-refractivity contribution in [2.75, 3.05) is 45.3 Å². The second-order valence-corrected chi connectivity index (χ2v) is 7.85. The molecule has 3 aromatic rings. The highest BCUT2D eigenvalue weighted by Gasteiger charge is 2.21. The summed E-state index contributed by atoms with van der Waals surface area (Å²) in [6, 6.07) is 15.2. The van der Waals surface area contributed by atoms with Crippen molar-refractivity contribution in [2.45, 2.75) is 13.3 Å². The molecule has 29 heavy (non-hydrogen) atoms. The molecule has 0 radical (unpaired) electrons. The number of hydrogen-bond acceptors (Lipinski definition) is 6. The van der Waals surface area contributed by atoms with E-state index in [1.807, 2.05) is 69.6 Å². The summed E-state index contributed by atoms with van der Waals surface area (Å²) in [5, 5.41) is 0.674. The number of fused-ring (bicyclic) bond motifs is 1. The van der Waals surface area contributed by atoms with E-state index in [9.17, 15) is 4.79 Å². The van der Waals surface area contributed by atoms with Gasteiger partial charge in [0.25, 0.3) is 5.91 Å². The molecule has 1 amide bonds. The molecule has 6 nitrogen and oxygen atoms in total. The van der Waals surface area contributed by atoms with E-state index in [2.05, 4.69) is 4.90 Å². The first-order valence-corrected chi connectivity index (χ1v) is 10.6. The van der Waals surface area contributed by atoms with Gasteiger partial charge in [0.15, 0.2) is 11.7 Å². The minimum Gasteiger partial charge on any atom is -0.492 e. The largest absolute Gasteiger partial charge is 0.492 e. The van der Waals surface area contributed by atoms with E-state index in [1.54, 1.807) is 4.90 Å². The fraction of sp³-hybridized carbons (Fsp3) is 0.364. The minimum absolute atomic E-state index is 0.0276. The number of aromatic nitrogens is 1. The highest BCUT2D eigenvalue weighted by molar-refractivity contribution is 7.22. The minimum atomic E-state index is -0.107. The summed E-state index contributed by atoms with van der Waals surface area (Å²) in [7, 11) is 4.05. The van der Waals surface area contributed by atoms with Crippen LogP contribution in [0.5, 0.6) is 11.5 Å². The zero-order chi connectivity index (χ0) is 20.6. The Morgan fingerprint density at radius 2 is 1.83 bits per heavy atom. The lowest BCUT2D eigenvalue weighted by molar-refractivity contribution is -0.120. The topological polar surface area (TPSA) is 54.9 Å². The van der Waals surface area contributed by atoms with Crippen LogP contribution >= 0.6 is 11.3 Å². The highest BCUT2D eigenvalue weighted by atomic mass is 32.1. The van der Waals surface area contributed by atoms with Crippen LogP contribution in [-0.2, 0) is 4.79 Å². The number of carbonyl (C=O) groups is 1. The SMILES string of the molecule is CCOc1cccc2sc(N(CCCN(C)C)C(=O)COc3ccccc3)nc12. The first-order chi connectivity index (χ1) is 14.1. The third kappa shape index (κ3) is 5.68. The Balaban J connectivity index is 1.81. The predicted octanol–water partition coefficient (Wildman–Crippen LogP) is 4.06. The zero-order valence-electron chi connectivity index (χ0n) is 17.1. The lowest BCUT2D eigenvalue weighted by Crippen LogP contribution is -2.36. The summed E-state index contributed by atoms with van der Waals surface area (Å²) >= 11 is 1.50. The van der Waals surface area contributed by atoms with Gasteiger partial charge >= 0.3 is 0 Å². The number of rotatable bonds is 10. The van der Waals surface area contributed by atoms with Gasteiger partial charge in [-0.3, -0.25) is 9.69 Å². The molecule has 0 atom stereocenters. The Morgan fingerprint density at radius 3 is 2.55 bits per heavy atom. The predicted molar refractivity (Wildman–Crippen MR) is 118 cm³/mol. The number of para-hydroxylation sites is 2. The average molecular weight is 414 g/mol. The molecule has 1 aromatic heterocycles. The van der Waals surface area contributed by atoms with Gasteiger partial charge in [-0.15, -0.1) is 0 Å². The fourth-order valence-corrected chi connectivity index (χ4v) is 3.94. The smallest absolute Gasteiger partial charge is 0.266 e. The number of nitrogens with zero attached hydrogens (tertiary/aromatic N) is 3. The molecule has 1 heterocycles. The van der Waals surface area contributed by atoms with Gasteiger partial charge in [0.2, 0.25) is 0 Å². The van der Waals surface area contributed by atoms with Gasteiger partial charge in [0, 0.05) is 6.54 Å². The number of ether oxygens (including phenoxy) is 2. The summed E-state index contributed by atoms with van der Waals surface area (Å²) < 4.78 is 12.4. The number of carbonyl (C=O) groups excluding carboxylic acids is 1. The number of anilines is 1. The van der Waals surface area contributed by atoms with Crippen LogP contribution in [-0.4, -0.2) is 56.2 Å². The van der Waals surface area contributed by atoms with Crippen molar-refractivity contribution in [2.24, 2.45) is 0 Å². The van der Waals surface area contributed by atoms with E-state index in [4.69, 9.17) is 14.5 Å². The fourth-order valence-electron chi connectivity index (χ4n) is 2.91. The second-order valence-electron chi connectivity index (χ2n) is 6.84. The van der Waals surface area contributed by atoms with Crippen LogP contribution in [0.2, 0.25) is 0 Å². The van der Waals surface area contributed by atoms with Crippen molar-refractivity contribution in [3.8, 4) is 11.5 Å². The molecule has 2 aromatic carbocycles. The van der Waals surface area contributed by atoms with Gasteiger partial charge in [-0.25, -0.2) is 4.98 Å². The molecule has 7 heteroatoms. The molecule has 3 rings (SSSR count). The number of hydrogen-bond donors (Lipinski definition) is 0. The van der Waals surface area contributed by atoms with Crippen LogP contribution < -0.4 is 14.4 Å². The lowest BCUT2D eigenvalue weighted by atomic mass is 10.3. The number of thiazole rings is 1. The molecule has 0 bridgehead atoms. The van der Waals surface area contributed by atoms with Crippen molar-refractivity contribution >= 4 is 32.6 Å². The Bertz CT molecular complexity index is 927. The molecular formula is C22H27N3O3S. The van der Waals surface area contributed by atoms with Crippen molar-refractivity contribution in [3.63, 3.8) is 0 Å². The number of amides is 1. The van der Waals surface area contributed by atoms with Crippen LogP contribution in [0, 0.1) is 0 Å². The van der Waals surface area contributed by atoms with E-state index in [1.165, 1.54) is 11.3 Å². The van der Waals surface area contributed by atoms with Crippen LogP contribution in [0.3, 0.4) is 0 Å². The third-order valence-electron chi connectivity index (χ3n) is 4.30. The van der Waals surface area contributed by atoms with Gasteiger partial charge in [0.05, 0.1) is 11.3 Å². The molecule has 0 aliphatic rings. The normalized spacial score (nSPS) is 11.0. The van der Waals surface area contributed by atoms with Crippen molar-refractivity contribution in [1.82, 2.24) is 9.88 Å². The maximum Gasteiger partial charge on any atom is 0.266 e. The molecule has 154 valence electrons. The van der Waals surface area contributed by atoms with Crippen molar-refractivity contribution < 1.29 is 14.3 Å². The summed E-state index contributed by atoms with van der Waals surface area (Å²) in [5.41, 5.74) is 0.795. The Hall–Kier alpha value is -2.64. The van der Waals surface area contributed by atoms with Crippen LogP contribution in [0.1, 0.15) is 13.3 Å². The maximum atomic E-state index is 13.0. The molecule has 0 saturated heterocycles. The van der Waals surface area contributed by atoms with Gasteiger partial charge in [0.1, 0.15) is 17.0 Å². The zero-order valence-corrected chi connectivity index (χ0v) is 17.9. The molecule has 0 aliphatic carbocycles. The van der Waals surface area contributed by atoms with Crippen LogP contribution in [0.4, 0.5) is 5.13 Å². The van der Waals surface area contributed by atoms with E-state index >= 15 is 0 Å². The van der Waals surface area contributed by atoms with E-state index < -0.39 is 0 Å². The molecule has 0 fully saturated rings. The van der Waals surface area contributed by atoms with Crippen molar-refractivity contribution in [1.29, 1.82) is 0 Å². The van der Waals surface area contributed by atoms with Gasteiger partial charge in [-0.05, 0) is 58.3 Å². The summed E-state index contributed by atoms with van der Waals surface area (Å²) in [6.45, 7) is 3.96. The second kappa shape index (κ2) is 10.2. The van der Waals surface area contributed by atoms with Crippen LogP contribution in [0.25, 0.3) is 10.2 Å². The molecule has 0 aliphatic heterocycles. The molecule has 0 unspecified atom stereocenters. The number of benzene rings is 2. The maximum absolute atomic E-state index is 13.0. The van der Waals surface area contributed by atoms with E-state index in [-0.39, 0.29) is 12.5 Å². The summed E-state index contributed by atoms with van der Waals surface area (Å²) in [4.78, 5) is 21.6.